The molecular formula is C11H21N5O. The Labute approximate surface area is 102 Å². The first-order valence-electron chi connectivity index (χ1n) is 6.14. The average Bonchev–Trinajstić information content (AvgIpc) is 2.85. The van der Waals surface area contributed by atoms with Crippen molar-refractivity contribution in [3.8, 4) is 0 Å². The second-order valence-electron chi connectivity index (χ2n) is 4.12. The second kappa shape index (κ2) is 6.11. The molecule has 1 aromatic rings. The van der Waals surface area contributed by atoms with Crippen molar-refractivity contribution in [3.05, 3.63) is 18.2 Å². The maximum Gasteiger partial charge on any atom is 0.0948 e. The summed E-state index contributed by atoms with van der Waals surface area (Å²) in [5.41, 5.74) is 10.4. The van der Waals surface area contributed by atoms with Gasteiger partial charge in [-0.2, -0.15) is 0 Å². The van der Waals surface area contributed by atoms with Crippen LogP contribution in [0.4, 0.5) is 0 Å². The summed E-state index contributed by atoms with van der Waals surface area (Å²) in [6.45, 7) is 6.93. The minimum absolute atomic E-state index is 0.121. The molecule has 0 saturated carbocycles. The number of rotatable bonds is 5. The number of morpholine rings is 1. The normalized spacial score (nSPS) is 19.4. The number of imidazole rings is 1. The number of aromatic nitrogens is 2. The van der Waals surface area contributed by atoms with E-state index in [2.05, 4.69) is 26.9 Å². The van der Waals surface area contributed by atoms with E-state index in [-0.39, 0.29) is 6.04 Å². The number of hydrogen-bond donors (Lipinski definition) is 2. The Bertz CT molecular complexity index is 334. The van der Waals surface area contributed by atoms with Crippen LogP contribution in [-0.2, 0) is 11.3 Å². The van der Waals surface area contributed by atoms with Crippen molar-refractivity contribution in [2.75, 3.05) is 32.8 Å². The van der Waals surface area contributed by atoms with Gasteiger partial charge in [0.25, 0.3) is 0 Å². The first-order chi connectivity index (χ1) is 8.35. The quantitative estimate of drug-likeness (QED) is 0.741. The van der Waals surface area contributed by atoms with Gasteiger partial charge in [-0.25, -0.2) is 15.4 Å². The van der Waals surface area contributed by atoms with Crippen LogP contribution in [-0.4, -0.2) is 47.4 Å². The minimum Gasteiger partial charge on any atom is -0.379 e. The smallest absolute Gasteiger partial charge is 0.0948 e. The van der Waals surface area contributed by atoms with Crippen molar-refractivity contribution in [2.45, 2.75) is 19.5 Å². The summed E-state index contributed by atoms with van der Waals surface area (Å²) in [4.78, 5) is 4.18. The number of nitrogens with one attached hydrogen (secondary N) is 1. The molecule has 0 amide bonds. The van der Waals surface area contributed by atoms with Crippen LogP contribution in [0, 0.1) is 0 Å². The SMILES string of the molecule is CCn1cncc1C(CN)NN1CCOCC1. The van der Waals surface area contributed by atoms with E-state index in [1.807, 2.05) is 12.5 Å². The standard InChI is InChI=1S/C11H21N5O/c1-2-15-9-13-8-11(15)10(7-12)14-16-3-5-17-6-4-16/h8-10,14H,2-7,12H2,1H3. The van der Waals surface area contributed by atoms with Crippen LogP contribution in [0.15, 0.2) is 12.5 Å². The highest BCUT2D eigenvalue weighted by atomic mass is 16.5. The van der Waals surface area contributed by atoms with E-state index < -0.39 is 0 Å². The van der Waals surface area contributed by atoms with Crippen molar-refractivity contribution < 1.29 is 4.74 Å². The molecule has 0 aliphatic carbocycles. The van der Waals surface area contributed by atoms with Crippen LogP contribution in [0.1, 0.15) is 18.7 Å². The Balaban J connectivity index is 2.00. The van der Waals surface area contributed by atoms with Crippen LogP contribution in [0.25, 0.3) is 0 Å². The lowest BCUT2D eigenvalue weighted by atomic mass is 10.2. The summed E-state index contributed by atoms with van der Waals surface area (Å²) in [7, 11) is 0. The van der Waals surface area contributed by atoms with Gasteiger partial charge in [-0.1, -0.05) is 0 Å². The van der Waals surface area contributed by atoms with E-state index in [4.69, 9.17) is 10.5 Å². The zero-order chi connectivity index (χ0) is 12.1. The van der Waals surface area contributed by atoms with Crippen LogP contribution < -0.4 is 11.2 Å². The van der Waals surface area contributed by atoms with Gasteiger partial charge in [0.1, 0.15) is 0 Å². The van der Waals surface area contributed by atoms with Crippen molar-refractivity contribution in [1.82, 2.24) is 20.0 Å². The van der Waals surface area contributed by atoms with Gasteiger partial charge in [-0.3, -0.25) is 0 Å². The van der Waals surface area contributed by atoms with Crippen molar-refractivity contribution in [1.29, 1.82) is 0 Å². The van der Waals surface area contributed by atoms with Gasteiger partial charge in [-0.15, -0.1) is 0 Å². The van der Waals surface area contributed by atoms with E-state index >= 15 is 0 Å². The molecule has 17 heavy (non-hydrogen) atoms. The van der Waals surface area contributed by atoms with Gasteiger partial charge in [0, 0.05) is 32.4 Å². The molecule has 6 heteroatoms. The van der Waals surface area contributed by atoms with Gasteiger partial charge in [0.2, 0.25) is 0 Å². The van der Waals surface area contributed by atoms with E-state index in [0.717, 1.165) is 38.5 Å². The summed E-state index contributed by atoms with van der Waals surface area (Å²) in [6.07, 6.45) is 3.73. The summed E-state index contributed by atoms with van der Waals surface area (Å²) >= 11 is 0. The zero-order valence-corrected chi connectivity index (χ0v) is 10.3. The molecule has 1 unspecified atom stereocenters. The van der Waals surface area contributed by atoms with E-state index in [1.165, 1.54) is 0 Å². The molecular weight excluding hydrogens is 218 g/mol. The Morgan fingerprint density at radius 2 is 2.29 bits per heavy atom. The molecule has 1 atom stereocenters. The number of nitrogens with two attached hydrogens (primary N) is 1. The summed E-state index contributed by atoms with van der Waals surface area (Å²) in [6, 6.07) is 0.121. The number of aryl methyl sites for hydroxylation is 1. The van der Waals surface area contributed by atoms with Crippen LogP contribution in [0.2, 0.25) is 0 Å². The van der Waals surface area contributed by atoms with E-state index in [9.17, 15) is 0 Å². The third kappa shape index (κ3) is 3.04. The second-order valence-corrected chi connectivity index (χ2v) is 4.12. The molecule has 6 nitrogen and oxygen atoms in total. The van der Waals surface area contributed by atoms with Gasteiger partial charge < -0.3 is 15.0 Å². The third-order valence-electron chi connectivity index (χ3n) is 3.03. The molecule has 2 heterocycles. The van der Waals surface area contributed by atoms with E-state index in [0.29, 0.717) is 6.54 Å². The molecule has 1 aromatic heterocycles. The molecule has 0 bridgehead atoms. The maximum atomic E-state index is 5.84. The number of hydrazine groups is 1. The first kappa shape index (κ1) is 12.5. The molecule has 96 valence electrons. The molecule has 1 fully saturated rings. The van der Waals surface area contributed by atoms with Gasteiger partial charge >= 0.3 is 0 Å². The molecule has 0 radical (unpaired) electrons. The fourth-order valence-corrected chi connectivity index (χ4v) is 2.04. The maximum absolute atomic E-state index is 5.84. The molecule has 0 spiro atoms. The lowest BCUT2D eigenvalue weighted by molar-refractivity contribution is 0.00345. The molecule has 3 N–H and O–H groups in total. The Hall–Kier alpha value is -0.950. The van der Waals surface area contributed by atoms with Crippen molar-refractivity contribution >= 4 is 0 Å². The Morgan fingerprint density at radius 1 is 1.53 bits per heavy atom. The van der Waals surface area contributed by atoms with Gasteiger partial charge in [0.05, 0.1) is 31.3 Å². The monoisotopic (exact) mass is 239 g/mol. The first-order valence-corrected chi connectivity index (χ1v) is 6.14. The van der Waals surface area contributed by atoms with Crippen LogP contribution >= 0.6 is 0 Å². The average molecular weight is 239 g/mol. The van der Waals surface area contributed by atoms with E-state index in [1.54, 1.807) is 0 Å². The van der Waals surface area contributed by atoms with Crippen LogP contribution in [0.5, 0.6) is 0 Å². The lowest BCUT2D eigenvalue weighted by Gasteiger charge is -2.31. The lowest BCUT2D eigenvalue weighted by Crippen LogP contribution is -2.49. The Morgan fingerprint density at radius 3 is 2.94 bits per heavy atom. The van der Waals surface area contributed by atoms with Gasteiger partial charge in [0.15, 0.2) is 0 Å². The molecule has 1 aliphatic heterocycles. The minimum atomic E-state index is 0.121. The number of nitrogens with zero attached hydrogens (tertiary/aromatic N) is 3. The summed E-state index contributed by atoms with van der Waals surface area (Å²) in [5, 5.41) is 2.17. The number of ether oxygens (including phenoxy) is 1. The predicted molar refractivity (Wildman–Crippen MR) is 65.2 cm³/mol. The topological polar surface area (TPSA) is 68.3 Å². The van der Waals surface area contributed by atoms with Gasteiger partial charge in [-0.05, 0) is 6.92 Å². The third-order valence-corrected chi connectivity index (χ3v) is 3.03. The highest BCUT2D eigenvalue weighted by Gasteiger charge is 2.18. The summed E-state index contributed by atoms with van der Waals surface area (Å²) < 4.78 is 7.44. The fourth-order valence-electron chi connectivity index (χ4n) is 2.04. The van der Waals surface area contributed by atoms with Crippen molar-refractivity contribution in [3.63, 3.8) is 0 Å². The molecule has 1 aliphatic rings. The molecule has 2 rings (SSSR count). The predicted octanol–water partition coefficient (Wildman–Crippen LogP) is -0.260. The summed E-state index contributed by atoms with van der Waals surface area (Å²) in [5.74, 6) is 0. The fraction of sp³-hybridized carbons (Fsp3) is 0.727. The molecule has 1 saturated heterocycles. The van der Waals surface area contributed by atoms with Crippen molar-refractivity contribution in [2.24, 2.45) is 5.73 Å². The number of hydrogen-bond acceptors (Lipinski definition) is 5. The van der Waals surface area contributed by atoms with Crippen LogP contribution in [0.3, 0.4) is 0 Å². The highest BCUT2D eigenvalue weighted by molar-refractivity contribution is 5.05. The Kier molecular flexibility index (Phi) is 4.49. The highest BCUT2D eigenvalue weighted by Crippen LogP contribution is 2.12. The zero-order valence-electron chi connectivity index (χ0n) is 10.3. The largest absolute Gasteiger partial charge is 0.379 e. The molecule has 0 aromatic carbocycles.